The maximum atomic E-state index is 12.9. The molecule has 2 aromatic rings. The average molecular weight is 596 g/mol. The Morgan fingerprint density at radius 1 is 0.698 bits per heavy atom. The molecular weight excluding hydrogens is 560 g/mol. The van der Waals surface area contributed by atoms with Gasteiger partial charge in [0.2, 0.25) is 0 Å². The highest BCUT2D eigenvalue weighted by Crippen LogP contribution is 2.16. The van der Waals surface area contributed by atoms with Crippen LogP contribution in [-0.4, -0.2) is 66.0 Å². The highest BCUT2D eigenvalue weighted by Gasteiger charge is 2.26. The van der Waals surface area contributed by atoms with E-state index in [2.05, 4.69) is 13.2 Å². The van der Waals surface area contributed by atoms with E-state index in [0.29, 0.717) is 0 Å². The first-order valence-electron chi connectivity index (χ1n) is 13.3. The van der Waals surface area contributed by atoms with Crippen molar-refractivity contribution in [2.75, 3.05) is 13.2 Å². The summed E-state index contributed by atoms with van der Waals surface area (Å²) in [5.74, 6) is -5.60. The second-order valence-electron chi connectivity index (χ2n) is 9.07. The number of carbonyl (C=O) groups excluding carboxylic acids is 6. The molecule has 1 N–H and O–H groups in total. The zero-order valence-electron chi connectivity index (χ0n) is 24.5. The monoisotopic (exact) mass is 595 g/mol. The number of ether oxygens (including phenoxy) is 3. The number of carboxylic acid groups (broad SMARTS) is 1. The Kier molecular flexibility index (Phi) is 15.0. The van der Waals surface area contributed by atoms with Gasteiger partial charge < -0.3 is 29.2 Å². The molecule has 0 spiro atoms. The van der Waals surface area contributed by atoms with Crippen LogP contribution >= 0.6 is 0 Å². The lowest BCUT2D eigenvalue weighted by atomic mass is 10.1. The highest BCUT2D eigenvalue weighted by molar-refractivity contribution is 6.03. The van der Waals surface area contributed by atoms with Gasteiger partial charge in [0.05, 0.1) is 35.2 Å². The van der Waals surface area contributed by atoms with E-state index in [-0.39, 0.29) is 34.3 Å². The van der Waals surface area contributed by atoms with E-state index in [1.165, 1.54) is 56.3 Å². The van der Waals surface area contributed by atoms with Gasteiger partial charge in [0.1, 0.15) is 19.3 Å². The Morgan fingerprint density at radius 3 is 1.53 bits per heavy atom. The van der Waals surface area contributed by atoms with Gasteiger partial charge in [-0.25, -0.2) is 14.4 Å². The van der Waals surface area contributed by atoms with Gasteiger partial charge in [-0.05, 0) is 43.2 Å². The maximum Gasteiger partial charge on any atom is 0.339 e. The first-order valence-corrected chi connectivity index (χ1v) is 13.3. The van der Waals surface area contributed by atoms with Crippen LogP contribution < -0.4 is 5.11 Å². The molecule has 0 radical (unpaired) electrons. The Hall–Kier alpha value is -4.90. The molecule has 2 unspecified atom stereocenters. The normalized spacial score (nSPS) is 11.5. The number of carboxylic acids is 1. The molecule has 0 saturated carbocycles. The molecule has 0 amide bonds. The van der Waals surface area contributed by atoms with Gasteiger partial charge >= 0.3 is 17.9 Å². The standard InChI is InChI=1S/C30H30O11.C2H6/c1-17(2)25(32)13-19(31)15-39-28(36)23-11-7-8-12-24(23)29(37)40-16-20(14-26(33)18(3)4)41-30(38)22-10-6-5-9-21(22)27(34)35;1-2/h5-12,19-20,31H,1,3,13-16H2,2,4H3,(H,34,35);1-2H3/p-1. The largest absolute Gasteiger partial charge is 0.545 e. The number of allylic oxidation sites excluding steroid dienone is 2. The first kappa shape index (κ1) is 36.1. The van der Waals surface area contributed by atoms with Crippen molar-refractivity contribution in [2.24, 2.45) is 0 Å². The van der Waals surface area contributed by atoms with Crippen molar-refractivity contribution in [3.8, 4) is 0 Å². The molecule has 2 atom stereocenters. The number of benzene rings is 2. The number of aromatic carboxylic acids is 1. The third-order valence-electron chi connectivity index (χ3n) is 5.60. The molecule has 0 aliphatic heterocycles. The fourth-order valence-corrected chi connectivity index (χ4v) is 3.35. The van der Waals surface area contributed by atoms with Crippen molar-refractivity contribution < 1.29 is 53.2 Å². The van der Waals surface area contributed by atoms with Crippen molar-refractivity contribution in [3.05, 3.63) is 95.1 Å². The van der Waals surface area contributed by atoms with Gasteiger partial charge in [0.25, 0.3) is 0 Å². The number of Topliss-reactive ketones (excluding diaryl/α,β-unsaturated/α-hetero) is 2. The molecular formula is C32H35O11-. The van der Waals surface area contributed by atoms with Crippen LogP contribution in [0.1, 0.15) is 82.0 Å². The number of esters is 3. The summed E-state index contributed by atoms with van der Waals surface area (Å²) in [6.45, 7) is 12.8. The summed E-state index contributed by atoms with van der Waals surface area (Å²) in [7, 11) is 0. The fraction of sp³-hybridized carbons (Fsp3) is 0.312. The van der Waals surface area contributed by atoms with Crippen LogP contribution in [0.25, 0.3) is 0 Å². The van der Waals surface area contributed by atoms with E-state index >= 15 is 0 Å². The Labute approximate surface area is 249 Å². The molecule has 0 aliphatic carbocycles. The molecule has 2 aromatic carbocycles. The van der Waals surface area contributed by atoms with Gasteiger partial charge in [-0.1, -0.05) is 57.3 Å². The smallest absolute Gasteiger partial charge is 0.339 e. The van der Waals surface area contributed by atoms with E-state index in [1.807, 2.05) is 13.8 Å². The summed E-state index contributed by atoms with van der Waals surface area (Å²) in [6, 6.07) is 10.6. The zero-order chi connectivity index (χ0) is 32.7. The predicted octanol–water partition coefficient (Wildman–Crippen LogP) is 3.05. The van der Waals surface area contributed by atoms with Crippen LogP contribution in [0.4, 0.5) is 0 Å². The van der Waals surface area contributed by atoms with E-state index in [1.54, 1.807) is 0 Å². The van der Waals surface area contributed by atoms with Crippen molar-refractivity contribution in [2.45, 2.75) is 52.7 Å². The Morgan fingerprint density at radius 2 is 1.09 bits per heavy atom. The van der Waals surface area contributed by atoms with Crippen LogP contribution in [0.3, 0.4) is 0 Å². The van der Waals surface area contributed by atoms with Crippen LogP contribution in [0, 0.1) is 0 Å². The van der Waals surface area contributed by atoms with Crippen molar-refractivity contribution in [3.63, 3.8) is 0 Å². The number of aliphatic hydroxyl groups excluding tert-OH is 1. The molecule has 230 valence electrons. The lowest BCUT2D eigenvalue weighted by molar-refractivity contribution is -0.255. The predicted molar refractivity (Wildman–Crippen MR) is 153 cm³/mol. The van der Waals surface area contributed by atoms with Gasteiger partial charge in [-0.15, -0.1) is 0 Å². The topological polar surface area (TPSA) is 173 Å². The Balaban J connectivity index is 0.00000452. The molecule has 11 heteroatoms. The summed E-state index contributed by atoms with van der Waals surface area (Å²) in [5, 5.41) is 21.3. The van der Waals surface area contributed by atoms with Crippen molar-refractivity contribution in [1.82, 2.24) is 0 Å². The molecule has 43 heavy (non-hydrogen) atoms. The molecule has 0 heterocycles. The van der Waals surface area contributed by atoms with E-state index in [9.17, 15) is 39.0 Å². The molecule has 0 aliphatic rings. The zero-order valence-corrected chi connectivity index (χ0v) is 24.5. The minimum atomic E-state index is -1.61. The number of hydrogen-bond acceptors (Lipinski definition) is 11. The van der Waals surface area contributed by atoms with Crippen LogP contribution in [0.5, 0.6) is 0 Å². The van der Waals surface area contributed by atoms with Crippen LogP contribution in [0.2, 0.25) is 0 Å². The number of rotatable bonds is 15. The number of aliphatic hydroxyl groups is 1. The average Bonchev–Trinajstić information content (AvgIpc) is 2.99. The van der Waals surface area contributed by atoms with E-state index in [4.69, 9.17) is 14.2 Å². The van der Waals surface area contributed by atoms with Gasteiger partial charge in [-0.3, -0.25) is 9.59 Å². The van der Waals surface area contributed by atoms with Crippen molar-refractivity contribution >= 4 is 35.4 Å². The molecule has 0 saturated heterocycles. The molecule has 0 fully saturated rings. The summed E-state index contributed by atoms with van der Waals surface area (Å²) in [5.41, 5.74) is -0.796. The lowest BCUT2D eigenvalue weighted by Gasteiger charge is -2.19. The molecule has 0 bridgehead atoms. The number of hydrogen-bond donors (Lipinski definition) is 1. The minimum Gasteiger partial charge on any atom is -0.545 e. The number of ketones is 2. The summed E-state index contributed by atoms with van der Waals surface area (Å²) in [6.07, 6.45) is -3.34. The highest BCUT2D eigenvalue weighted by atomic mass is 16.6. The third-order valence-corrected chi connectivity index (χ3v) is 5.60. The van der Waals surface area contributed by atoms with Gasteiger partial charge in [0, 0.05) is 12.0 Å². The third kappa shape index (κ3) is 11.5. The SMILES string of the molecule is C=C(C)C(=O)CC(O)COC(=O)c1ccccc1C(=O)OCC(CC(=O)C(=C)C)OC(=O)c1ccccc1C(=O)[O-].CC. The summed E-state index contributed by atoms with van der Waals surface area (Å²) >= 11 is 0. The van der Waals surface area contributed by atoms with Gasteiger partial charge in [0.15, 0.2) is 11.6 Å². The lowest BCUT2D eigenvalue weighted by Crippen LogP contribution is -2.30. The molecule has 2 rings (SSSR count). The van der Waals surface area contributed by atoms with Crippen LogP contribution in [-0.2, 0) is 23.8 Å². The van der Waals surface area contributed by atoms with Gasteiger partial charge in [-0.2, -0.15) is 0 Å². The Bertz CT molecular complexity index is 1370. The summed E-state index contributed by atoms with van der Waals surface area (Å²) < 4.78 is 15.6. The fourth-order valence-electron chi connectivity index (χ4n) is 3.35. The second kappa shape index (κ2) is 17.8. The minimum absolute atomic E-state index is 0.146. The molecule has 11 nitrogen and oxygen atoms in total. The van der Waals surface area contributed by atoms with E-state index in [0.717, 1.165) is 6.07 Å². The van der Waals surface area contributed by atoms with E-state index < -0.39 is 72.8 Å². The van der Waals surface area contributed by atoms with Crippen LogP contribution in [0.15, 0.2) is 72.8 Å². The molecule has 0 aromatic heterocycles. The quantitative estimate of drug-likeness (QED) is 0.182. The van der Waals surface area contributed by atoms with Crippen molar-refractivity contribution in [1.29, 1.82) is 0 Å². The number of carbonyl (C=O) groups is 6. The summed E-state index contributed by atoms with van der Waals surface area (Å²) in [4.78, 5) is 73.6. The second-order valence-corrected chi connectivity index (χ2v) is 9.07. The maximum absolute atomic E-state index is 12.9. The first-order chi connectivity index (χ1) is 20.3.